The number of aromatic hydroxyl groups is 1. The number of carboxylic acids is 1. The van der Waals surface area contributed by atoms with Gasteiger partial charge in [-0.2, -0.15) is 0 Å². The summed E-state index contributed by atoms with van der Waals surface area (Å²) in [6.07, 6.45) is 15.1. The largest absolute Gasteiger partial charge is 0.508 e. The fourth-order valence-corrected chi connectivity index (χ4v) is 3.82. The summed E-state index contributed by atoms with van der Waals surface area (Å²) < 4.78 is 5.93. The summed E-state index contributed by atoms with van der Waals surface area (Å²) >= 11 is 0. The maximum absolute atomic E-state index is 10.5. The molecule has 4 nitrogen and oxygen atoms in total. The molecule has 0 radical (unpaired) electrons. The first-order valence-corrected chi connectivity index (χ1v) is 12.0. The molecule has 0 aliphatic carbocycles. The first-order valence-electron chi connectivity index (χ1n) is 12.0. The van der Waals surface area contributed by atoms with E-state index in [4.69, 9.17) is 9.84 Å². The van der Waals surface area contributed by atoms with Crippen LogP contribution in [0.3, 0.4) is 0 Å². The number of carboxylic acid groups (broad SMARTS) is 1. The molecule has 30 heavy (non-hydrogen) atoms. The average Bonchev–Trinajstić information content (AvgIpc) is 2.69. The zero-order valence-corrected chi connectivity index (χ0v) is 19.5. The third kappa shape index (κ3) is 12.1. The number of rotatable bonds is 18. The molecule has 0 unspecified atom stereocenters. The molecule has 0 atom stereocenters. The van der Waals surface area contributed by atoms with Gasteiger partial charge in [-0.1, -0.05) is 85.0 Å². The molecular weight excluding hydrogens is 376 g/mol. The first kappa shape index (κ1) is 26.3. The molecule has 1 rings (SSSR count). The van der Waals surface area contributed by atoms with Gasteiger partial charge >= 0.3 is 5.97 Å². The van der Waals surface area contributed by atoms with Gasteiger partial charge < -0.3 is 14.9 Å². The van der Waals surface area contributed by atoms with Crippen LogP contribution in [-0.2, 0) is 10.2 Å². The van der Waals surface area contributed by atoms with Crippen molar-refractivity contribution >= 4 is 5.97 Å². The van der Waals surface area contributed by atoms with E-state index in [-0.39, 0.29) is 11.2 Å². The van der Waals surface area contributed by atoms with Crippen molar-refractivity contribution in [2.75, 3.05) is 6.61 Å². The quantitative estimate of drug-likeness (QED) is 0.240. The van der Waals surface area contributed by atoms with Gasteiger partial charge in [0.05, 0.1) is 6.61 Å². The van der Waals surface area contributed by atoms with Gasteiger partial charge in [0.1, 0.15) is 11.5 Å². The van der Waals surface area contributed by atoms with Crippen LogP contribution < -0.4 is 4.74 Å². The van der Waals surface area contributed by atoms with Crippen molar-refractivity contribution in [3.8, 4) is 11.5 Å². The average molecular weight is 421 g/mol. The molecule has 0 saturated heterocycles. The Balaban J connectivity index is 2.25. The van der Waals surface area contributed by atoms with E-state index in [9.17, 15) is 9.90 Å². The minimum Gasteiger partial charge on any atom is -0.508 e. The van der Waals surface area contributed by atoms with E-state index in [2.05, 4.69) is 26.8 Å². The zero-order valence-electron chi connectivity index (χ0n) is 19.5. The van der Waals surface area contributed by atoms with Crippen LogP contribution >= 0.6 is 0 Å². The lowest BCUT2D eigenvalue weighted by molar-refractivity contribution is -0.137. The fraction of sp³-hybridized carbons (Fsp3) is 0.731. The second kappa shape index (κ2) is 15.1. The molecule has 0 bridgehead atoms. The maximum atomic E-state index is 10.5. The minimum atomic E-state index is -0.690. The van der Waals surface area contributed by atoms with Gasteiger partial charge in [0.15, 0.2) is 0 Å². The second-order valence-electron chi connectivity index (χ2n) is 9.23. The molecule has 0 heterocycles. The lowest BCUT2D eigenvalue weighted by Crippen LogP contribution is -2.17. The monoisotopic (exact) mass is 420 g/mol. The van der Waals surface area contributed by atoms with Crippen molar-refractivity contribution in [3.05, 3.63) is 23.8 Å². The van der Waals surface area contributed by atoms with Crippen LogP contribution in [0.2, 0.25) is 0 Å². The highest BCUT2D eigenvalue weighted by atomic mass is 16.5. The number of carbonyl (C=O) groups is 1. The summed E-state index contributed by atoms with van der Waals surface area (Å²) in [5.74, 6) is 0.362. The molecule has 0 spiro atoms. The Morgan fingerprint density at radius 3 is 2.10 bits per heavy atom. The number of aliphatic carboxylic acids is 1. The number of phenolic OH excluding ortho intramolecular Hbond substituents is 1. The Bertz CT molecular complexity index is 595. The van der Waals surface area contributed by atoms with E-state index in [1.54, 1.807) is 6.07 Å². The highest BCUT2D eigenvalue weighted by molar-refractivity contribution is 5.66. The van der Waals surface area contributed by atoms with Crippen LogP contribution in [0.1, 0.15) is 116 Å². The first-order chi connectivity index (χ1) is 14.3. The van der Waals surface area contributed by atoms with Crippen molar-refractivity contribution in [1.82, 2.24) is 0 Å². The molecule has 0 aliphatic heterocycles. The molecule has 4 heteroatoms. The fourth-order valence-electron chi connectivity index (χ4n) is 3.82. The lowest BCUT2D eigenvalue weighted by atomic mass is 9.80. The molecule has 0 fully saturated rings. The van der Waals surface area contributed by atoms with Crippen LogP contribution in [-0.4, -0.2) is 22.8 Å². The molecule has 1 aromatic rings. The number of hydrogen-bond acceptors (Lipinski definition) is 3. The van der Waals surface area contributed by atoms with Crippen LogP contribution in [0.4, 0.5) is 0 Å². The standard InChI is InChI=1S/C26H44O4/c1-4-5-6-14-17-26(2,3)22-19-23(27)21-24(20-22)30-18-15-12-10-8-7-9-11-13-16-25(28)29/h19-21,27H,4-18H2,1-3H3,(H,28,29). The minimum absolute atomic E-state index is 0.0368. The number of hydrogen-bond donors (Lipinski definition) is 2. The molecule has 0 amide bonds. The summed E-state index contributed by atoms with van der Waals surface area (Å²) in [6.45, 7) is 7.41. The Morgan fingerprint density at radius 2 is 1.47 bits per heavy atom. The highest BCUT2D eigenvalue weighted by Crippen LogP contribution is 2.34. The Kier molecular flexibility index (Phi) is 13.3. The Labute approximate surface area is 184 Å². The van der Waals surface area contributed by atoms with E-state index >= 15 is 0 Å². The number of benzene rings is 1. The molecule has 0 aromatic heterocycles. The van der Waals surface area contributed by atoms with E-state index in [1.807, 2.05) is 6.07 Å². The topological polar surface area (TPSA) is 66.8 Å². The highest BCUT2D eigenvalue weighted by Gasteiger charge is 2.21. The number of unbranched alkanes of at least 4 members (excludes halogenated alkanes) is 10. The predicted octanol–water partition coefficient (Wildman–Crippen LogP) is 7.61. The van der Waals surface area contributed by atoms with Gasteiger partial charge in [-0.05, 0) is 42.4 Å². The lowest BCUT2D eigenvalue weighted by Gasteiger charge is -2.26. The summed E-state index contributed by atoms with van der Waals surface area (Å²) in [5.41, 5.74) is 1.19. The van der Waals surface area contributed by atoms with E-state index in [1.165, 1.54) is 44.9 Å². The van der Waals surface area contributed by atoms with Crippen LogP contribution in [0.5, 0.6) is 11.5 Å². The van der Waals surface area contributed by atoms with Crippen molar-refractivity contribution < 1.29 is 19.7 Å². The van der Waals surface area contributed by atoms with Gasteiger partial charge in [-0.25, -0.2) is 0 Å². The van der Waals surface area contributed by atoms with Crippen molar-refractivity contribution in [2.45, 2.75) is 116 Å². The number of ether oxygens (including phenoxy) is 1. The van der Waals surface area contributed by atoms with Crippen LogP contribution in [0.25, 0.3) is 0 Å². The van der Waals surface area contributed by atoms with Crippen molar-refractivity contribution in [1.29, 1.82) is 0 Å². The molecule has 172 valence electrons. The van der Waals surface area contributed by atoms with Gasteiger partial charge in [0.2, 0.25) is 0 Å². The Hall–Kier alpha value is -1.71. The molecule has 0 aliphatic rings. The normalized spacial score (nSPS) is 11.6. The summed E-state index contributed by atoms with van der Waals surface area (Å²) in [5, 5.41) is 18.8. The molecule has 1 aromatic carbocycles. The number of phenols is 1. The maximum Gasteiger partial charge on any atom is 0.303 e. The smallest absolute Gasteiger partial charge is 0.303 e. The third-order valence-corrected chi connectivity index (χ3v) is 5.88. The van der Waals surface area contributed by atoms with Crippen molar-refractivity contribution in [3.63, 3.8) is 0 Å². The van der Waals surface area contributed by atoms with Gasteiger partial charge in [0, 0.05) is 12.5 Å². The van der Waals surface area contributed by atoms with E-state index in [0.29, 0.717) is 13.0 Å². The van der Waals surface area contributed by atoms with Crippen LogP contribution in [0.15, 0.2) is 18.2 Å². The third-order valence-electron chi connectivity index (χ3n) is 5.88. The summed E-state index contributed by atoms with van der Waals surface area (Å²) in [6, 6.07) is 5.69. The van der Waals surface area contributed by atoms with Gasteiger partial charge in [-0.15, -0.1) is 0 Å². The van der Waals surface area contributed by atoms with Gasteiger partial charge in [-0.3, -0.25) is 4.79 Å². The Morgan fingerprint density at radius 1 is 0.867 bits per heavy atom. The van der Waals surface area contributed by atoms with E-state index < -0.39 is 5.97 Å². The second-order valence-corrected chi connectivity index (χ2v) is 9.23. The molecule has 0 saturated carbocycles. The zero-order chi connectivity index (χ0) is 22.2. The molecule has 2 N–H and O–H groups in total. The van der Waals surface area contributed by atoms with Crippen LogP contribution in [0, 0.1) is 0 Å². The SMILES string of the molecule is CCCCCCC(C)(C)c1cc(O)cc(OCCCCCCCCCCC(=O)O)c1. The van der Waals surface area contributed by atoms with Gasteiger partial charge in [0.25, 0.3) is 0 Å². The summed E-state index contributed by atoms with van der Waals surface area (Å²) in [4.78, 5) is 10.5. The summed E-state index contributed by atoms with van der Waals surface area (Å²) in [7, 11) is 0. The van der Waals surface area contributed by atoms with E-state index in [0.717, 1.165) is 49.8 Å². The predicted molar refractivity (Wildman–Crippen MR) is 125 cm³/mol. The van der Waals surface area contributed by atoms with Crippen molar-refractivity contribution in [2.24, 2.45) is 0 Å². The molecular formula is C26H44O4.